The van der Waals surface area contributed by atoms with Crippen molar-refractivity contribution in [1.29, 1.82) is 0 Å². The highest BCUT2D eigenvalue weighted by Crippen LogP contribution is 2.46. The van der Waals surface area contributed by atoms with Crippen molar-refractivity contribution in [3.63, 3.8) is 0 Å². The Kier molecular flexibility index (Phi) is 20.6. The summed E-state index contributed by atoms with van der Waals surface area (Å²) in [6.45, 7) is 4.56. The zero-order chi connectivity index (χ0) is 58.1. The van der Waals surface area contributed by atoms with Gasteiger partial charge in [-0.15, -0.1) is 11.6 Å². The van der Waals surface area contributed by atoms with Crippen molar-refractivity contribution in [3.05, 3.63) is 161 Å². The summed E-state index contributed by atoms with van der Waals surface area (Å²) in [5.41, 5.74) is 13.7. The summed E-state index contributed by atoms with van der Waals surface area (Å²) >= 11 is 6.49. The maximum absolute atomic E-state index is 13.8. The fraction of sp³-hybridized carbons (Fsp3) is 0.317. The molecule has 8 amide bonds. The zero-order valence-electron chi connectivity index (χ0n) is 46.1. The van der Waals surface area contributed by atoms with Crippen molar-refractivity contribution in [2.24, 2.45) is 11.7 Å². The van der Waals surface area contributed by atoms with E-state index in [1.807, 2.05) is 72.8 Å². The first-order chi connectivity index (χ1) is 39.7. The van der Waals surface area contributed by atoms with Gasteiger partial charge in [-0.2, -0.15) is 0 Å². The van der Waals surface area contributed by atoms with Gasteiger partial charge in [-0.05, 0) is 112 Å². The second-order valence-corrected chi connectivity index (χ2v) is 20.9. The first-order valence-corrected chi connectivity index (χ1v) is 28.0. The molecule has 0 bridgehead atoms. The number of unbranched alkanes of at least 4 members (excludes halogenated alkanes) is 2. The number of carbonyl (C=O) groups is 7. The highest BCUT2D eigenvalue weighted by molar-refractivity contribution is 6.19. The van der Waals surface area contributed by atoms with Crippen LogP contribution in [0.3, 0.4) is 0 Å². The standard InChI is InChI=1S/C63H69ClN8O10/c1-39(2)58(71-55(73)21-5-4-12-32-67-62(78)82-38-51-47-16-8-6-14-45(47)46-15-7-9-17-48(46)51)60(76)69-52(20-13-33-66-61(65)77)59(75)68-43-27-22-41(23-28-43)37-81-63(79)70-53-34-54-57(50-19-11-10-18-49(50)53)42(35-64)36-72(54)56(74)31-26-40-24-29-44(80-3)30-25-40/h6-11,14-19,22-31,34,39,42,51-52,58H,4-5,12-13,20-21,32-33,35-38H2,1-3H3,(H,67,78)(H,68,75)(H,69,76)(H,70,79)(H,71,73)(H3,65,66,77)/b31-26+. The quantitative estimate of drug-likeness (QED) is 0.0162. The van der Waals surface area contributed by atoms with Gasteiger partial charge < -0.3 is 51.4 Å². The normalized spacial score (nSPS) is 14.0. The van der Waals surface area contributed by atoms with Crippen LogP contribution in [0, 0.1) is 5.92 Å². The Morgan fingerprint density at radius 3 is 2.06 bits per heavy atom. The molecule has 1 heterocycles. The van der Waals surface area contributed by atoms with Crippen molar-refractivity contribution in [3.8, 4) is 16.9 Å². The minimum atomic E-state index is -1.06. The predicted octanol–water partition coefficient (Wildman–Crippen LogP) is 10.1. The molecule has 82 heavy (non-hydrogen) atoms. The number of hydrogen-bond donors (Lipinski definition) is 7. The third-order valence-corrected chi connectivity index (χ3v) is 14.9. The average Bonchev–Trinajstić information content (AvgIpc) is 3.90. The molecule has 6 aromatic rings. The van der Waals surface area contributed by atoms with Gasteiger partial charge in [-0.3, -0.25) is 24.5 Å². The van der Waals surface area contributed by atoms with E-state index in [4.69, 9.17) is 31.5 Å². The molecule has 0 spiro atoms. The number of urea groups is 1. The summed E-state index contributed by atoms with van der Waals surface area (Å²) in [5, 5.41) is 18.2. The molecular weight excluding hydrogens is 1060 g/mol. The van der Waals surface area contributed by atoms with Crippen LogP contribution in [0.2, 0.25) is 0 Å². The molecule has 19 heteroatoms. The predicted molar refractivity (Wildman–Crippen MR) is 318 cm³/mol. The van der Waals surface area contributed by atoms with Gasteiger partial charge in [0.1, 0.15) is 31.0 Å². The number of hydrogen-bond acceptors (Lipinski definition) is 10. The molecule has 1 aliphatic carbocycles. The molecule has 428 valence electrons. The van der Waals surface area contributed by atoms with E-state index in [0.717, 1.165) is 44.2 Å². The van der Waals surface area contributed by atoms with E-state index in [-0.39, 0.29) is 68.0 Å². The number of amides is 8. The highest BCUT2D eigenvalue weighted by Gasteiger charge is 2.35. The van der Waals surface area contributed by atoms with Crippen molar-refractivity contribution in [1.82, 2.24) is 21.3 Å². The van der Waals surface area contributed by atoms with Gasteiger partial charge in [-0.1, -0.05) is 117 Å². The van der Waals surface area contributed by atoms with E-state index in [0.29, 0.717) is 67.1 Å². The molecule has 18 nitrogen and oxygen atoms in total. The number of methoxy groups -OCH3 is 1. The summed E-state index contributed by atoms with van der Waals surface area (Å²) in [6.07, 6.45) is 4.34. The van der Waals surface area contributed by atoms with Crippen LogP contribution in [0.5, 0.6) is 5.75 Å². The molecule has 0 saturated carbocycles. The van der Waals surface area contributed by atoms with E-state index in [1.54, 1.807) is 62.3 Å². The fourth-order valence-corrected chi connectivity index (χ4v) is 10.6. The van der Waals surface area contributed by atoms with E-state index in [9.17, 15) is 33.6 Å². The largest absolute Gasteiger partial charge is 0.497 e. The van der Waals surface area contributed by atoms with Gasteiger partial charge in [0.25, 0.3) is 5.91 Å². The molecule has 0 fully saturated rings. The average molecular weight is 1130 g/mol. The minimum absolute atomic E-state index is 0.0433. The van der Waals surface area contributed by atoms with E-state index in [1.165, 1.54) is 6.08 Å². The Hall–Kier alpha value is -8.90. The number of alkyl carbamates (subject to hydrolysis) is 1. The lowest BCUT2D eigenvalue weighted by Gasteiger charge is -2.25. The van der Waals surface area contributed by atoms with Crippen LogP contribution in [-0.2, 0) is 35.3 Å². The van der Waals surface area contributed by atoms with Crippen LogP contribution in [0.15, 0.2) is 133 Å². The van der Waals surface area contributed by atoms with E-state index in [2.05, 4.69) is 56.2 Å². The fourth-order valence-electron chi connectivity index (χ4n) is 10.3. The monoisotopic (exact) mass is 1130 g/mol. The number of nitrogens with two attached hydrogens (primary N) is 1. The van der Waals surface area contributed by atoms with Gasteiger partial charge in [0, 0.05) is 60.9 Å². The van der Waals surface area contributed by atoms with E-state index >= 15 is 0 Å². The number of anilines is 3. The lowest BCUT2D eigenvalue weighted by molar-refractivity contribution is -0.132. The Balaban J connectivity index is 0.801. The van der Waals surface area contributed by atoms with Gasteiger partial charge >= 0.3 is 18.2 Å². The summed E-state index contributed by atoms with van der Waals surface area (Å²) in [6, 6.07) is 36.8. The van der Waals surface area contributed by atoms with Crippen LogP contribution in [0.1, 0.15) is 92.0 Å². The van der Waals surface area contributed by atoms with Crippen LogP contribution in [0.4, 0.5) is 31.4 Å². The van der Waals surface area contributed by atoms with Crippen molar-refractivity contribution < 1.29 is 47.8 Å². The number of halogens is 1. The molecule has 1 aliphatic heterocycles. The molecule has 2 aliphatic rings. The number of primary amides is 1. The SMILES string of the molecule is COc1ccc(/C=C/C(=O)N2CC(CCl)c3c2cc(NC(=O)OCc2ccc(NC(=O)C(CCCNC(N)=O)NC(=O)C(NC(=O)CCCCCNC(=O)OCC4c5ccccc5-c5ccccc54)C(C)C)cc2)c2ccccc32)cc1. The highest BCUT2D eigenvalue weighted by atomic mass is 35.5. The van der Waals surface area contributed by atoms with Gasteiger partial charge in [0.2, 0.25) is 17.7 Å². The summed E-state index contributed by atoms with van der Waals surface area (Å²) in [4.78, 5) is 93.6. The topological polar surface area (TPSA) is 249 Å². The second-order valence-electron chi connectivity index (χ2n) is 20.5. The number of fused-ring (bicyclic) bond motifs is 6. The Labute approximate surface area is 481 Å². The van der Waals surface area contributed by atoms with Crippen LogP contribution in [-0.4, -0.2) is 93.2 Å². The third-order valence-electron chi connectivity index (χ3n) is 14.5. The summed E-state index contributed by atoms with van der Waals surface area (Å²) in [5.74, 6) is -1.20. The molecule has 3 unspecified atom stereocenters. The first-order valence-electron chi connectivity index (χ1n) is 27.5. The maximum atomic E-state index is 13.8. The van der Waals surface area contributed by atoms with Gasteiger partial charge in [0.15, 0.2) is 0 Å². The Bertz CT molecular complexity index is 3250. The molecule has 0 saturated heterocycles. The van der Waals surface area contributed by atoms with Crippen LogP contribution < -0.4 is 47.3 Å². The molecule has 3 atom stereocenters. The van der Waals surface area contributed by atoms with Crippen molar-refractivity contribution >= 4 is 87.4 Å². The van der Waals surface area contributed by atoms with Gasteiger partial charge in [-0.25, -0.2) is 14.4 Å². The Morgan fingerprint density at radius 2 is 1.39 bits per heavy atom. The molecule has 0 radical (unpaired) electrons. The maximum Gasteiger partial charge on any atom is 0.411 e. The lowest BCUT2D eigenvalue weighted by Crippen LogP contribution is -2.54. The Morgan fingerprint density at radius 1 is 0.720 bits per heavy atom. The van der Waals surface area contributed by atoms with Crippen LogP contribution in [0.25, 0.3) is 28.0 Å². The number of alkyl halides is 1. The zero-order valence-corrected chi connectivity index (χ0v) is 46.9. The summed E-state index contributed by atoms with van der Waals surface area (Å²) in [7, 11) is 1.59. The number of benzene rings is 6. The summed E-state index contributed by atoms with van der Waals surface area (Å²) < 4.78 is 16.5. The number of nitrogens with zero attached hydrogens (tertiary/aromatic N) is 1. The lowest BCUT2D eigenvalue weighted by atomic mass is 9.95. The number of ether oxygens (including phenoxy) is 3. The number of rotatable bonds is 25. The molecule has 0 aromatic heterocycles. The molecule has 8 N–H and O–H groups in total. The molecule has 8 rings (SSSR count). The van der Waals surface area contributed by atoms with Gasteiger partial charge in [0.05, 0.1) is 18.5 Å². The smallest absolute Gasteiger partial charge is 0.411 e. The van der Waals surface area contributed by atoms with Crippen molar-refractivity contribution in [2.75, 3.05) is 54.8 Å². The number of carbonyl (C=O) groups excluding carboxylic acids is 7. The number of nitrogens with one attached hydrogen (secondary N) is 6. The second kappa shape index (κ2) is 28.5. The minimum Gasteiger partial charge on any atom is -0.497 e. The molecule has 6 aromatic carbocycles. The molecular formula is C63H69ClN8O10. The third kappa shape index (κ3) is 15.3. The van der Waals surface area contributed by atoms with Crippen LogP contribution >= 0.6 is 11.6 Å². The van der Waals surface area contributed by atoms with E-state index < -0.39 is 42.1 Å². The van der Waals surface area contributed by atoms with Crippen molar-refractivity contribution in [2.45, 2.75) is 82.9 Å². The first kappa shape index (κ1) is 59.2.